The highest BCUT2D eigenvalue weighted by atomic mass is 16.2. The summed E-state index contributed by atoms with van der Waals surface area (Å²) in [5.74, 6) is -0.898. The summed E-state index contributed by atoms with van der Waals surface area (Å²) in [6.45, 7) is 11.0. The molecule has 2 aliphatic carbocycles. The molecule has 9 nitrogen and oxygen atoms in total. The lowest BCUT2D eigenvalue weighted by atomic mass is 9.84. The highest BCUT2D eigenvalue weighted by molar-refractivity contribution is 5.94. The van der Waals surface area contributed by atoms with Gasteiger partial charge >= 0.3 is 0 Å². The summed E-state index contributed by atoms with van der Waals surface area (Å²) in [7, 11) is 0. The van der Waals surface area contributed by atoms with Crippen molar-refractivity contribution in [2.75, 3.05) is 13.1 Å². The van der Waals surface area contributed by atoms with E-state index in [1.54, 1.807) is 4.90 Å². The lowest BCUT2D eigenvalue weighted by Crippen LogP contribution is -2.60. The molecule has 4 rings (SSSR count). The van der Waals surface area contributed by atoms with Crippen LogP contribution in [0.1, 0.15) is 73.1 Å². The lowest BCUT2D eigenvalue weighted by Gasteiger charge is -2.38. The third kappa shape index (κ3) is 4.96. The first-order valence-corrected chi connectivity index (χ1v) is 13.4. The molecule has 2 unspecified atom stereocenters. The summed E-state index contributed by atoms with van der Waals surface area (Å²) in [5.41, 5.74) is -0.601. The van der Waals surface area contributed by atoms with Gasteiger partial charge in [0.25, 0.3) is 0 Å². The van der Waals surface area contributed by atoms with Crippen LogP contribution in [0, 0.1) is 45.8 Å². The van der Waals surface area contributed by atoms with Gasteiger partial charge < -0.3 is 20.9 Å². The van der Waals surface area contributed by atoms with Gasteiger partial charge in [0.1, 0.15) is 18.1 Å². The zero-order valence-electron chi connectivity index (χ0n) is 22.2. The number of nitrogens with zero attached hydrogens (tertiary/aromatic N) is 2. The van der Waals surface area contributed by atoms with E-state index >= 15 is 0 Å². The highest BCUT2D eigenvalue weighted by Gasteiger charge is 2.69. The summed E-state index contributed by atoms with van der Waals surface area (Å²) in [5, 5.41) is 18.3. The fraction of sp³-hybridized carbons (Fsp3) is 0.815. The maximum absolute atomic E-state index is 13.9. The van der Waals surface area contributed by atoms with Crippen molar-refractivity contribution in [2.45, 2.75) is 91.3 Å². The zero-order chi connectivity index (χ0) is 26.4. The van der Waals surface area contributed by atoms with Crippen molar-refractivity contribution < 1.29 is 19.2 Å². The Morgan fingerprint density at radius 3 is 2.36 bits per heavy atom. The van der Waals surface area contributed by atoms with Crippen molar-refractivity contribution >= 4 is 23.6 Å². The second-order valence-corrected chi connectivity index (χ2v) is 12.9. The number of carbonyl (C=O) groups is 4. The van der Waals surface area contributed by atoms with Crippen molar-refractivity contribution in [3.8, 4) is 6.07 Å². The van der Waals surface area contributed by atoms with Gasteiger partial charge in [-0.05, 0) is 48.3 Å². The van der Waals surface area contributed by atoms with Crippen LogP contribution < -0.4 is 16.0 Å². The summed E-state index contributed by atoms with van der Waals surface area (Å²) in [6.07, 6.45) is 4.65. The molecule has 3 N–H and O–H groups in total. The molecule has 0 aromatic carbocycles. The molecule has 4 aliphatic rings. The Morgan fingerprint density at radius 2 is 1.81 bits per heavy atom. The predicted octanol–water partition coefficient (Wildman–Crippen LogP) is 1.73. The largest absolute Gasteiger partial charge is 0.356 e. The van der Waals surface area contributed by atoms with Crippen molar-refractivity contribution in [1.29, 1.82) is 5.26 Å². The minimum absolute atomic E-state index is 0.00160. The Balaban J connectivity index is 1.50. The van der Waals surface area contributed by atoms with Gasteiger partial charge in [0.05, 0.1) is 6.07 Å². The molecule has 9 heteroatoms. The van der Waals surface area contributed by atoms with E-state index in [-0.39, 0.29) is 59.1 Å². The lowest BCUT2D eigenvalue weighted by molar-refractivity contribution is -0.146. The van der Waals surface area contributed by atoms with Crippen LogP contribution in [0.5, 0.6) is 0 Å². The summed E-state index contributed by atoms with van der Waals surface area (Å²) in [6, 6.07) is -0.108. The van der Waals surface area contributed by atoms with E-state index in [4.69, 9.17) is 0 Å². The average molecular weight is 500 g/mol. The van der Waals surface area contributed by atoms with Crippen LogP contribution >= 0.6 is 0 Å². The second-order valence-electron chi connectivity index (χ2n) is 12.9. The smallest absolute Gasteiger partial charge is 0.246 e. The average Bonchev–Trinajstić information content (AvgIpc) is 3.38. The number of amides is 4. The molecule has 2 saturated carbocycles. The molecule has 0 radical (unpaired) electrons. The number of fused-ring (bicyclic) bond motifs is 1. The molecule has 0 aromatic rings. The maximum Gasteiger partial charge on any atom is 0.246 e. The Morgan fingerprint density at radius 1 is 1.14 bits per heavy atom. The molecule has 198 valence electrons. The number of piperidine rings is 1. The molecule has 6 atom stereocenters. The predicted molar refractivity (Wildman–Crippen MR) is 133 cm³/mol. The number of rotatable bonds is 7. The SMILES string of the molecule is CC(C)(C)C(NC(=O)C1CCCC1)C(=O)N1CC2[C@@H]([C@H]1C(=O)N[C@H](C#N)C[C@@H]1CCNC1=O)C2(C)C. The van der Waals surface area contributed by atoms with E-state index in [0.29, 0.717) is 19.5 Å². The van der Waals surface area contributed by atoms with Crippen molar-refractivity contribution in [1.82, 2.24) is 20.9 Å². The van der Waals surface area contributed by atoms with Gasteiger partial charge in [-0.15, -0.1) is 0 Å². The standard InChI is InChI=1S/C27H41N5O4/c1-26(2,3)21(31-23(34)15-8-6-7-9-15)25(36)32-14-18-19(27(18,4)5)20(32)24(35)30-17(13-28)12-16-10-11-29-22(16)33/h15-21H,6-12,14H2,1-5H3,(H,29,33)(H,30,35)(H,31,34)/t16-,17-,18?,19-,20-,21?/m0/s1. The first kappa shape index (κ1) is 26.4. The Labute approximate surface area is 214 Å². The van der Waals surface area contributed by atoms with Gasteiger partial charge in [0.2, 0.25) is 23.6 Å². The number of likely N-dealkylation sites (tertiary alicyclic amines) is 1. The molecule has 4 amide bonds. The van der Waals surface area contributed by atoms with Crippen LogP contribution in [-0.2, 0) is 19.2 Å². The van der Waals surface area contributed by atoms with Gasteiger partial charge in [-0.25, -0.2) is 0 Å². The van der Waals surface area contributed by atoms with Crippen molar-refractivity contribution in [3.63, 3.8) is 0 Å². The van der Waals surface area contributed by atoms with Crippen LogP contribution in [-0.4, -0.2) is 59.7 Å². The Bertz CT molecular complexity index is 958. The van der Waals surface area contributed by atoms with Gasteiger partial charge in [0.15, 0.2) is 0 Å². The van der Waals surface area contributed by atoms with E-state index < -0.39 is 23.5 Å². The van der Waals surface area contributed by atoms with Crippen LogP contribution in [0.15, 0.2) is 0 Å². The van der Waals surface area contributed by atoms with Gasteiger partial charge in [-0.1, -0.05) is 47.5 Å². The Hall–Kier alpha value is -2.63. The number of carbonyl (C=O) groups excluding carboxylic acids is 4. The van der Waals surface area contributed by atoms with Gasteiger partial charge in [-0.2, -0.15) is 5.26 Å². The first-order valence-electron chi connectivity index (χ1n) is 13.4. The molecular formula is C27H41N5O4. The minimum atomic E-state index is -0.801. The van der Waals surface area contributed by atoms with Crippen LogP contribution in [0.4, 0.5) is 0 Å². The third-order valence-electron chi connectivity index (χ3n) is 9.04. The van der Waals surface area contributed by atoms with E-state index in [9.17, 15) is 24.4 Å². The zero-order valence-corrected chi connectivity index (χ0v) is 22.2. The number of nitriles is 1. The minimum Gasteiger partial charge on any atom is -0.356 e. The molecule has 36 heavy (non-hydrogen) atoms. The topological polar surface area (TPSA) is 131 Å². The highest BCUT2D eigenvalue weighted by Crippen LogP contribution is 2.65. The monoisotopic (exact) mass is 499 g/mol. The molecule has 0 spiro atoms. The van der Waals surface area contributed by atoms with Crippen molar-refractivity contribution in [3.05, 3.63) is 0 Å². The second kappa shape index (κ2) is 9.68. The number of hydrogen-bond acceptors (Lipinski definition) is 5. The summed E-state index contributed by atoms with van der Waals surface area (Å²) < 4.78 is 0. The molecule has 2 heterocycles. The van der Waals surface area contributed by atoms with Crippen LogP contribution in [0.3, 0.4) is 0 Å². The van der Waals surface area contributed by atoms with E-state index in [1.165, 1.54) is 0 Å². The molecule has 2 saturated heterocycles. The Kier molecular flexibility index (Phi) is 7.11. The number of hydrogen-bond donors (Lipinski definition) is 3. The number of nitrogens with one attached hydrogen (secondary N) is 3. The summed E-state index contributed by atoms with van der Waals surface area (Å²) in [4.78, 5) is 54.1. The quantitative estimate of drug-likeness (QED) is 0.491. The van der Waals surface area contributed by atoms with E-state index in [0.717, 1.165) is 25.7 Å². The fourth-order valence-electron chi connectivity index (χ4n) is 6.63. The van der Waals surface area contributed by atoms with Crippen LogP contribution in [0.25, 0.3) is 0 Å². The molecular weight excluding hydrogens is 458 g/mol. The van der Waals surface area contributed by atoms with Crippen LogP contribution in [0.2, 0.25) is 0 Å². The first-order chi connectivity index (χ1) is 16.9. The van der Waals surface area contributed by atoms with Gasteiger partial charge in [0, 0.05) is 24.9 Å². The van der Waals surface area contributed by atoms with Crippen molar-refractivity contribution in [2.24, 2.45) is 34.5 Å². The normalized spacial score (nSPS) is 30.7. The molecule has 2 aliphatic heterocycles. The molecule has 0 bridgehead atoms. The van der Waals surface area contributed by atoms with Gasteiger partial charge in [-0.3, -0.25) is 19.2 Å². The van der Waals surface area contributed by atoms with E-state index in [2.05, 4.69) is 35.9 Å². The summed E-state index contributed by atoms with van der Waals surface area (Å²) >= 11 is 0. The molecule has 0 aromatic heterocycles. The van der Waals surface area contributed by atoms with E-state index in [1.807, 2.05) is 20.8 Å². The maximum atomic E-state index is 13.9. The molecule has 4 fully saturated rings. The third-order valence-corrected chi connectivity index (χ3v) is 9.04. The fourth-order valence-corrected chi connectivity index (χ4v) is 6.63.